The first-order chi connectivity index (χ1) is 8.16. The van der Waals surface area contributed by atoms with Crippen LogP contribution in [0.2, 0.25) is 0 Å². The Labute approximate surface area is 99.6 Å². The normalized spacial score (nSPS) is 18.9. The second kappa shape index (κ2) is 2.73. The van der Waals surface area contributed by atoms with Gasteiger partial charge in [0.1, 0.15) is 0 Å². The lowest BCUT2D eigenvalue weighted by molar-refractivity contribution is 0.0851. The quantitative estimate of drug-likeness (QED) is 0.693. The Kier molecular flexibility index (Phi) is 1.49. The van der Waals surface area contributed by atoms with Crippen LogP contribution in [0.4, 0.5) is 0 Å². The molecule has 0 aromatic heterocycles. The Morgan fingerprint density at radius 3 is 2.88 bits per heavy atom. The third-order valence-corrected chi connectivity index (χ3v) is 4.14. The topological polar surface area (TPSA) is 44.9 Å². The van der Waals surface area contributed by atoms with E-state index in [4.69, 9.17) is 0 Å². The minimum atomic E-state index is 0.0291. The second-order valence-electron chi connectivity index (χ2n) is 5.50. The van der Waals surface area contributed by atoms with Crippen molar-refractivity contribution in [2.24, 2.45) is 0 Å². The van der Waals surface area contributed by atoms with E-state index in [1.165, 1.54) is 23.4 Å². The lowest BCUT2D eigenvalue weighted by Gasteiger charge is -2.39. The van der Waals surface area contributed by atoms with E-state index in [0.717, 1.165) is 24.0 Å². The average molecular weight is 226 g/mol. The molecule has 1 heterocycles. The first kappa shape index (κ1) is 9.28. The molecule has 0 spiro atoms. The predicted octanol–water partition coefficient (Wildman–Crippen LogP) is 2.77. The molecule has 0 aromatic rings. The van der Waals surface area contributed by atoms with Crippen LogP contribution in [0.5, 0.6) is 0 Å². The number of carbonyl (C=O) groups is 1. The zero-order valence-electron chi connectivity index (χ0n) is 9.76. The summed E-state index contributed by atoms with van der Waals surface area (Å²) >= 11 is 0. The smallest absolute Gasteiger partial charge is 0.252 e. The van der Waals surface area contributed by atoms with Crippen molar-refractivity contribution in [2.75, 3.05) is 0 Å². The van der Waals surface area contributed by atoms with Crippen LogP contribution in [0.25, 0.3) is 22.5 Å². The van der Waals surface area contributed by atoms with Crippen molar-refractivity contribution in [3.05, 3.63) is 23.8 Å². The molecular weight excluding hydrogens is 212 g/mol. The van der Waals surface area contributed by atoms with Crippen molar-refractivity contribution in [1.82, 2.24) is 10.3 Å². The lowest BCUT2D eigenvalue weighted by atomic mass is 9.78. The summed E-state index contributed by atoms with van der Waals surface area (Å²) in [5.74, 6) is 0.0761. The number of nitrogens with one attached hydrogen (secondary N) is 2. The van der Waals surface area contributed by atoms with Gasteiger partial charge in [-0.15, -0.1) is 0 Å². The fourth-order valence-electron chi connectivity index (χ4n) is 2.80. The molecule has 4 aliphatic rings. The molecule has 86 valence electrons. The zero-order chi connectivity index (χ0) is 11.6. The number of rotatable bonds is 2. The van der Waals surface area contributed by atoms with Gasteiger partial charge in [-0.2, -0.15) is 0 Å². The summed E-state index contributed by atoms with van der Waals surface area (Å²) in [6.07, 6.45) is 3.42. The molecule has 0 radical (unpaired) electrons. The number of amides is 1. The average Bonchev–Trinajstić information content (AvgIpc) is 2.73. The van der Waals surface area contributed by atoms with Crippen LogP contribution in [-0.2, 0) is 0 Å². The fraction of sp³-hybridized carbons (Fsp3) is 0.357. The Hall–Kier alpha value is -1.77. The van der Waals surface area contributed by atoms with Gasteiger partial charge in [-0.1, -0.05) is 6.07 Å². The van der Waals surface area contributed by atoms with Crippen LogP contribution >= 0.6 is 0 Å². The van der Waals surface area contributed by atoms with Gasteiger partial charge in [0.2, 0.25) is 0 Å². The number of hydrogen-bond donors (Lipinski definition) is 2. The van der Waals surface area contributed by atoms with E-state index in [0.29, 0.717) is 0 Å². The summed E-state index contributed by atoms with van der Waals surface area (Å²) in [4.78, 5) is 15.4. The van der Waals surface area contributed by atoms with Crippen LogP contribution in [0.15, 0.2) is 18.2 Å². The van der Waals surface area contributed by atoms with Gasteiger partial charge >= 0.3 is 0 Å². The number of pyridine rings is 1. The maximum absolute atomic E-state index is 12.2. The first-order valence-electron chi connectivity index (χ1n) is 6.15. The number of carbonyl (C=O) groups excluding carboxylic acids is 1. The summed E-state index contributed by atoms with van der Waals surface area (Å²) in [5.41, 5.74) is 5.51. The van der Waals surface area contributed by atoms with Gasteiger partial charge in [-0.05, 0) is 43.9 Å². The van der Waals surface area contributed by atoms with Gasteiger partial charge in [0.15, 0.2) is 0 Å². The monoisotopic (exact) mass is 226 g/mol. The standard InChI is InChI=1S/C14H14N2O/c1-14(5-2-6-14)16-13(17)9-4-3-8-10(9)7-11-12(8)15-11/h3-4,7,15H,2,5-6H2,1H3,(H,16,17). The first-order valence-corrected chi connectivity index (χ1v) is 6.15. The molecule has 1 saturated carbocycles. The minimum Gasteiger partial charge on any atom is -0.352 e. The van der Waals surface area contributed by atoms with E-state index in [2.05, 4.69) is 23.3 Å². The molecule has 1 aliphatic heterocycles. The Morgan fingerprint density at radius 1 is 1.35 bits per heavy atom. The number of aromatic nitrogens is 1. The molecular formula is C14H14N2O. The van der Waals surface area contributed by atoms with E-state index < -0.39 is 0 Å². The third kappa shape index (κ3) is 1.19. The van der Waals surface area contributed by atoms with E-state index in [1.807, 2.05) is 12.1 Å². The molecule has 0 aromatic carbocycles. The second-order valence-corrected chi connectivity index (χ2v) is 5.50. The molecule has 2 N–H and O–H groups in total. The van der Waals surface area contributed by atoms with Crippen molar-refractivity contribution in [3.8, 4) is 22.5 Å². The van der Waals surface area contributed by atoms with Gasteiger partial charge in [-0.3, -0.25) is 4.79 Å². The summed E-state index contributed by atoms with van der Waals surface area (Å²) in [5, 5.41) is 3.16. The molecule has 1 amide bonds. The SMILES string of the molecule is CC1(NC(=O)c2ccc3c4[nH]c-4cc2-3)CCC1. The van der Waals surface area contributed by atoms with Crippen molar-refractivity contribution >= 4 is 5.91 Å². The van der Waals surface area contributed by atoms with Gasteiger partial charge in [0, 0.05) is 16.7 Å². The van der Waals surface area contributed by atoms with Crippen LogP contribution in [0.1, 0.15) is 36.5 Å². The van der Waals surface area contributed by atoms with E-state index >= 15 is 0 Å². The number of aromatic amines is 1. The van der Waals surface area contributed by atoms with Crippen molar-refractivity contribution < 1.29 is 4.79 Å². The Bertz CT molecular complexity index is 607. The molecule has 0 unspecified atom stereocenters. The molecule has 3 aliphatic carbocycles. The largest absolute Gasteiger partial charge is 0.352 e. The van der Waals surface area contributed by atoms with Crippen molar-refractivity contribution in [1.29, 1.82) is 0 Å². The van der Waals surface area contributed by atoms with Gasteiger partial charge < -0.3 is 10.3 Å². The maximum atomic E-state index is 12.2. The van der Waals surface area contributed by atoms with E-state index in [9.17, 15) is 4.79 Å². The molecule has 1 fully saturated rings. The summed E-state index contributed by atoms with van der Waals surface area (Å²) in [7, 11) is 0. The molecule has 0 bridgehead atoms. The van der Waals surface area contributed by atoms with Crippen LogP contribution in [-0.4, -0.2) is 16.4 Å². The van der Waals surface area contributed by atoms with Gasteiger partial charge in [0.25, 0.3) is 5.91 Å². The molecule has 17 heavy (non-hydrogen) atoms. The van der Waals surface area contributed by atoms with Crippen LogP contribution < -0.4 is 5.32 Å². The Balaban J connectivity index is 1.65. The van der Waals surface area contributed by atoms with Gasteiger partial charge in [-0.25, -0.2) is 0 Å². The molecule has 4 rings (SSSR count). The summed E-state index contributed by atoms with van der Waals surface area (Å²) < 4.78 is 0. The van der Waals surface area contributed by atoms with Gasteiger partial charge in [0.05, 0.1) is 11.4 Å². The molecule has 3 heteroatoms. The highest BCUT2D eigenvalue weighted by molar-refractivity contribution is 6.07. The highest BCUT2D eigenvalue weighted by Gasteiger charge is 2.35. The highest BCUT2D eigenvalue weighted by atomic mass is 16.1. The van der Waals surface area contributed by atoms with E-state index in [1.54, 1.807) is 0 Å². The molecule has 0 atom stereocenters. The van der Waals surface area contributed by atoms with Crippen molar-refractivity contribution in [3.63, 3.8) is 0 Å². The molecule has 0 saturated heterocycles. The summed E-state index contributed by atoms with van der Waals surface area (Å²) in [6.45, 7) is 2.13. The highest BCUT2D eigenvalue weighted by Crippen LogP contribution is 2.45. The maximum Gasteiger partial charge on any atom is 0.252 e. The number of hydrogen-bond acceptors (Lipinski definition) is 1. The number of H-pyrrole nitrogens is 1. The third-order valence-electron chi connectivity index (χ3n) is 4.14. The summed E-state index contributed by atoms with van der Waals surface area (Å²) in [6, 6.07) is 6.04. The van der Waals surface area contributed by atoms with E-state index in [-0.39, 0.29) is 11.4 Å². The van der Waals surface area contributed by atoms with Crippen LogP contribution in [0.3, 0.4) is 0 Å². The number of fused-ring (bicyclic) bond motifs is 3. The Morgan fingerprint density at radius 2 is 2.18 bits per heavy atom. The van der Waals surface area contributed by atoms with Crippen molar-refractivity contribution in [2.45, 2.75) is 31.7 Å². The predicted molar refractivity (Wildman–Crippen MR) is 66.1 cm³/mol. The lowest BCUT2D eigenvalue weighted by Crippen LogP contribution is -2.50. The minimum absolute atomic E-state index is 0.0291. The zero-order valence-corrected chi connectivity index (χ0v) is 9.76. The molecule has 3 nitrogen and oxygen atoms in total. The fourth-order valence-corrected chi connectivity index (χ4v) is 2.80. The van der Waals surface area contributed by atoms with Crippen LogP contribution in [0, 0.1) is 0 Å².